The molecule has 0 saturated carbocycles. The first kappa shape index (κ1) is 43.9. The Morgan fingerprint density at radius 2 is 0.652 bits per heavy atom. The summed E-state index contributed by atoms with van der Waals surface area (Å²) in [4.78, 5) is 0. The molecule has 1 aliphatic heterocycles. The first-order valence-electron chi connectivity index (χ1n) is 21.0. The second-order valence-electron chi connectivity index (χ2n) is 17.5. The van der Waals surface area contributed by atoms with Crippen molar-refractivity contribution >= 4 is 0 Å². The van der Waals surface area contributed by atoms with E-state index in [0.717, 1.165) is 21.8 Å². The van der Waals surface area contributed by atoms with Gasteiger partial charge in [0.05, 0.1) is 67.6 Å². The average molecular weight is 653 g/mol. The summed E-state index contributed by atoms with van der Waals surface area (Å²) in [6.45, 7) is 7.21. The van der Waals surface area contributed by atoms with Gasteiger partial charge in [-0.25, -0.2) is 0 Å². The molecule has 1 aliphatic rings. The summed E-state index contributed by atoms with van der Waals surface area (Å²) in [7, 11) is 13.9. The maximum atomic E-state index is 7.15. The van der Waals surface area contributed by atoms with Crippen LogP contribution in [-0.4, -0.2) is 82.3 Å². The molecular formula is C42H88N2O2+2. The van der Waals surface area contributed by atoms with Gasteiger partial charge in [0.2, 0.25) is 0 Å². The van der Waals surface area contributed by atoms with E-state index in [2.05, 4.69) is 56.1 Å². The summed E-state index contributed by atoms with van der Waals surface area (Å²) in [5, 5.41) is 0. The first-order chi connectivity index (χ1) is 22.0. The summed E-state index contributed by atoms with van der Waals surface area (Å²) in [5.74, 6) is -0.312. The molecule has 0 aliphatic carbocycles. The van der Waals surface area contributed by atoms with Crippen molar-refractivity contribution in [2.45, 2.75) is 218 Å². The molecule has 0 radical (unpaired) electrons. The van der Waals surface area contributed by atoms with Crippen LogP contribution in [0.1, 0.15) is 200 Å². The Morgan fingerprint density at radius 3 is 0.978 bits per heavy atom. The molecule has 1 rings (SSSR count). The topological polar surface area (TPSA) is 18.5 Å². The molecular weight excluding hydrogens is 564 g/mol. The van der Waals surface area contributed by atoms with Crippen LogP contribution in [0.3, 0.4) is 0 Å². The highest BCUT2D eigenvalue weighted by atomic mass is 16.8. The number of ether oxygens (including phenoxy) is 2. The lowest BCUT2D eigenvalue weighted by Crippen LogP contribution is -2.35. The average Bonchev–Trinajstić information content (AvgIpc) is 3.33. The lowest BCUT2D eigenvalue weighted by Gasteiger charge is -2.29. The minimum Gasteiger partial charge on any atom is -0.344 e. The minimum absolute atomic E-state index is 0.312. The number of quaternary nitrogens is 2. The zero-order valence-electron chi connectivity index (χ0n) is 33.3. The highest BCUT2D eigenvalue weighted by molar-refractivity contribution is 4.87. The van der Waals surface area contributed by atoms with E-state index in [9.17, 15) is 0 Å². The fourth-order valence-corrected chi connectivity index (χ4v) is 7.39. The highest BCUT2D eigenvalue weighted by Crippen LogP contribution is 2.41. The smallest absolute Gasteiger partial charge is 0.169 e. The lowest BCUT2D eigenvalue weighted by molar-refractivity contribution is -0.870. The van der Waals surface area contributed by atoms with Crippen LogP contribution in [0.5, 0.6) is 0 Å². The second-order valence-corrected chi connectivity index (χ2v) is 17.5. The molecule has 1 fully saturated rings. The molecule has 3 atom stereocenters. The van der Waals surface area contributed by atoms with E-state index in [1.807, 2.05) is 0 Å². The first-order valence-corrected chi connectivity index (χ1v) is 21.0. The zero-order chi connectivity index (χ0) is 34.0. The summed E-state index contributed by atoms with van der Waals surface area (Å²) in [6, 6.07) is 0. The van der Waals surface area contributed by atoms with Crippen LogP contribution in [-0.2, 0) is 9.47 Å². The van der Waals surface area contributed by atoms with E-state index >= 15 is 0 Å². The van der Waals surface area contributed by atoms with Gasteiger partial charge in [-0.2, -0.15) is 0 Å². The monoisotopic (exact) mass is 653 g/mol. The molecule has 4 nitrogen and oxygen atoms in total. The van der Waals surface area contributed by atoms with E-state index in [0.29, 0.717) is 12.2 Å². The number of hydrogen-bond donors (Lipinski definition) is 0. The number of hydrogen-bond acceptors (Lipinski definition) is 2. The normalized spacial score (nSPS) is 20.6. The van der Waals surface area contributed by atoms with Gasteiger partial charge in [-0.1, -0.05) is 136 Å². The van der Waals surface area contributed by atoms with Crippen LogP contribution in [0.2, 0.25) is 0 Å². The quantitative estimate of drug-likeness (QED) is 0.0519. The number of rotatable bonds is 33. The van der Waals surface area contributed by atoms with Gasteiger partial charge in [0.1, 0.15) is 0 Å². The van der Waals surface area contributed by atoms with Crippen molar-refractivity contribution in [3.63, 3.8) is 0 Å². The van der Waals surface area contributed by atoms with Gasteiger partial charge < -0.3 is 18.4 Å². The predicted molar refractivity (Wildman–Crippen MR) is 204 cm³/mol. The molecule has 0 amide bonds. The van der Waals surface area contributed by atoms with Crippen LogP contribution < -0.4 is 0 Å². The van der Waals surface area contributed by atoms with Gasteiger partial charge in [0, 0.05) is 12.8 Å². The Hall–Kier alpha value is -0.160. The van der Waals surface area contributed by atoms with E-state index in [1.54, 1.807) is 0 Å². The summed E-state index contributed by atoms with van der Waals surface area (Å²) in [6.07, 6.45) is 39.2. The van der Waals surface area contributed by atoms with Gasteiger partial charge in [-0.3, -0.25) is 0 Å². The third kappa shape index (κ3) is 24.9. The maximum absolute atomic E-state index is 7.15. The standard InChI is InChI=1S/C42H88N2O2/c1-9-11-13-15-17-19-24-30-36-42(37-31-25-21-27-33-39-44(6,7)8)45-40(34-28-22-16-14-12-10-2)41(46-42)35-29-23-18-20-26-32-38-43(3,4)5/h40-41H,9-39H2,1-8H3/q+2/t40-,41-,42?/m0/s1. The van der Waals surface area contributed by atoms with Crippen molar-refractivity contribution in [1.82, 2.24) is 0 Å². The second kappa shape index (κ2) is 26.7. The summed E-state index contributed by atoms with van der Waals surface area (Å²) >= 11 is 0. The molecule has 0 aromatic carbocycles. The fourth-order valence-electron chi connectivity index (χ4n) is 7.39. The van der Waals surface area contributed by atoms with Crippen molar-refractivity contribution in [3.05, 3.63) is 0 Å². The Labute approximate surface area is 291 Å². The molecule has 0 aromatic rings. The van der Waals surface area contributed by atoms with Crippen molar-refractivity contribution in [2.24, 2.45) is 0 Å². The van der Waals surface area contributed by atoms with Crippen LogP contribution in [0.4, 0.5) is 0 Å². The molecule has 0 aromatic heterocycles. The Bertz CT molecular complexity index is 670. The van der Waals surface area contributed by atoms with E-state index in [-0.39, 0.29) is 5.79 Å². The predicted octanol–water partition coefficient (Wildman–Crippen LogP) is 12.2. The van der Waals surface area contributed by atoms with Crippen molar-refractivity contribution in [2.75, 3.05) is 55.4 Å². The van der Waals surface area contributed by atoms with Gasteiger partial charge in [0.25, 0.3) is 0 Å². The third-order valence-electron chi connectivity index (χ3n) is 10.4. The van der Waals surface area contributed by atoms with Gasteiger partial charge >= 0.3 is 0 Å². The van der Waals surface area contributed by atoms with Crippen LogP contribution >= 0.6 is 0 Å². The van der Waals surface area contributed by atoms with Crippen LogP contribution in [0, 0.1) is 0 Å². The Balaban J connectivity index is 2.68. The molecule has 1 saturated heterocycles. The largest absolute Gasteiger partial charge is 0.344 e. The minimum atomic E-state index is -0.312. The van der Waals surface area contributed by atoms with Crippen molar-refractivity contribution in [3.8, 4) is 0 Å². The Morgan fingerprint density at radius 1 is 0.370 bits per heavy atom. The molecule has 0 bridgehead atoms. The molecule has 276 valence electrons. The van der Waals surface area contributed by atoms with E-state index in [1.165, 1.54) is 186 Å². The molecule has 1 unspecified atom stereocenters. The van der Waals surface area contributed by atoms with Gasteiger partial charge in [0.15, 0.2) is 5.79 Å². The maximum Gasteiger partial charge on any atom is 0.169 e. The Kier molecular flexibility index (Phi) is 25.4. The number of nitrogens with zero attached hydrogens (tertiary/aromatic N) is 2. The molecule has 4 heteroatoms. The van der Waals surface area contributed by atoms with E-state index in [4.69, 9.17) is 9.47 Å². The molecule has 1 heterocycles. The molecule has 0 spiro atoms. The van der Waals surface area contributed by atoms with Crippen molar-refractivity contribution in [1.29, 1.82) is 0 Å². The highest BCUT2D eigenvalue weighted by Gasteiger charge is 2.45. The number of unbranched alkanes of at least 4 members (excludes halogenated alkanes) is 21. The van der Waals surface area contributed by atoms with E-state index < -0.39 is 0 Å². The summed E-state index contributed by atoms with van der Waals surface area (Å²) < 4.78 is 16.5. The van der Waals surface area contributed by atoms with Gasteiger partial charge in [-0.05, 0) is 51.4 Å². The van der Waals surface area contributed by atoms with Crippen LogP contribution in [0.25, 0.3) is 0 Å². The third-order valence-corrected chi connectivity index (χ3v) is 10.4. The molecule has 46 heavy (non-hydrogen) atoms. The zero-order valence-corrected chi connectivity index (χ0v) is 33.3. The SMILES string of the molecule is CCCCCCCCCCC1(CCCCCCC[N+](C)(C)C)O[C@@H](CCCCCCCC)[C@H](CCCCCCCC[N+](C)(C)C)O1. The van der Waals surface area contributed by atoms with Crippen molar-refractivity contribution < 1.29 is 18.4 Å². The summed E-state index contributed by atoms with van der Waals surface area (Å²) in [5.41, 5.74) is 0. The fraction of sp³-hybridized carbons (Fsp3) is 1.00. The van der Waals surface area contributed by atoms with Crippen LogP contribution in [0.15, 0.2) is 0 Å². The molecule has 0 N–H and O–H groups in total. The lowest BCUT2D eigenvalue weighted by atomic mass is 9.99. The van der Waals surface area contributed by atoms with Gasteiger partial charge in [-0.15, -0.1) is 0 Å².